The molecule has 0 radical (unpaired) electrons. The molecule has 9 nitrogen and oxygen atoms in total. The number of likely N-dealkylation sites (tertiary alicyclic amines) is 1. The maximum absolute atomic E-state index is 13.2. The minimum absolute atomic E-state index is 0.160. The van der Waals surface area contributed by atoms with Crippen LogP contribution in [0.4, 0.5) is 5.69 Å². The summed E-state index contributed by atoms with van der Waals surface area (Å²) in [6.45, 7) is 1.21. The van der Waals surface area contributed by atoms with Crippen LogP contribution in [0.15, 0.2) is 41.6 Å². The summed E-state index contributed by atoms with van der Waals surface area (Å²) in [7, 11) is 0. The van der Waals surface area contributed by atoms with E-state index in [-0.39, 0.29) is 23.9 Å². The van der Waals surface area contributed by atoms with Crippen LogP contribution in [0.1, 0.15) is 51.4 Å². The molecule has 6 rings (SSSR count). The number of hydrogen-bond donors (Lipinski definition) is 2. The smallest absolute Gasteiger partial charge is 0.264 e. The molecular formula is C26H32N6O3. The molecule has 2 aliphatic carbocycles. The summed E-state index contributed by atoms with van der Waals surface area (Å²) >= 11 is 0. The van der Waals surface area contributed by atoms with Crippen molar-refractivity contribution >= 4 is 22.6 Å². The zero-order valence-corrected chi connectivity index (χ0v) is 19.9. The standard InChI is InChI=1S/C26H32N6O3/c33-24(18-5-6-18)30-13-11-26(35,12-14-30)16-31-17-27-23-22(25(31)34)15-28-32(23)21-9-7-20(8-10-21)29-19-3-1-2-4-19/h7-10,15,17-19,29,35H,1-6,11-14,16H2. The van der Waals surface area contributed by atoms with E-state index in [4.69, 9.17) is 0 Å². The van der Waals surface area contributed by atoms with Gasteiger partial charge in [0.05, 0.1) is 24.0 Å². The molecular weight excluding hydrogens is 444 g/mol. The third-order valence-electron chi connectivity index (χ3n) is 7.79. The quantitative estimate of drug-likeness (QED) is 0.567. The zero-order valence-electron chi connectivity index (χ0n) is 19.9. The number of piperidine rings is 1. The van der Waals surface area contributed by atoms with Crippen LogP contribution in [0, 0.1) is 5.92 Å². The Labute approximate surface area is 203 Å². The largest absolute Gasteiger partial charge is 0.388 e. The molecule has 1 saturated heterocycles. The maximum Gasteiger partial charge on any atom is 0.264 e. The fourth-order valence-electron chi connectivity index (χ4n) is 5.46. The molecule has 1 aliphatic heterocycles. The summed E-state index contributed by atoms with van der Waals surface area (Å²) in [5.41, 5.74) is 1.18. The highest BCUT2D eigenvalue weighted by Gasteiger charge is 2.39. The topological polar surface area (TPSA) is 105 Å². The van der Waals surface area contributed by atoms with E-state index in [2.05, 4.69) is 15.4 Å². The number of aliphatic hydroxyl groups is 1. The Bertz CT molecular complexity index is 1280. The first kappa shape index (κ1) is 22.3. The fourth-order valence-corrected chi connectivity index (χ4v) is 5.46. The molecule has 0 atom stereocenters. The maximum atomic E-state index is 13.2. The molecule has 3 aliphatic rings. The van der Waals surface area contributed by atoms with Gasteiger partial charge in [0.25, 0.3) is 5.56 Å². The van der Waals surface area contributed by atoms with Gasteiger partial charge in [0.15, 0.2) is 5.65 Å². The third-order valence-corrected chi connectivity index (χ3v) is 7.79. The van der Waals surface area contributed by atoms with Crippen LogP contribution in [-0.2, 0) is 11.3 Å². The average Bonchev–Trinajstić information content (AvgIpc) is 3.42. The SMILES string of the molecule is O=C(C1CC1)N1CCC(O)(Cn2cnc3c(cnn3-c3ccc(NC4CCCC4)cc3)c2=O)CC1. The first-order valence-electron chi connectivity index (χ1n) is 12.8. The van der Waals surface area contributed by atoms with Gasteiger partial charge < -0.3 is 15.3 Å². The van der Waals surface area contributed by atoms with Crippen molar-refractivity contribution < 1.29 is 9.90 Å². The first-order chi connectivity index (χ1) is 17.0. The number of hydrogen-bond acceptors (Lipinski definition) is 6. The second-order valence-corrected chi connectivity index (χ2v) is 10.5. The molecule has 184 valence electrons. The van der Waals surface area contributed by atoms with Crippen LogP contribution in [0.3, 0.4) is 0 Å². The van der Waals surface area contributed by atoms with Gasteiger partial charge in [0, 0.05) is 30.7 Å². The minimum Gasteiger partial charge on any atom is -0.388 e. The van der Waals surface area contributed by atoms with Crippen molar-refractivity contribution in [2.45, 2.75) is 69.6 Å². The highest BCUT2D eigenvalue weighted by Crippen LogP contribution is 2.33. The van der Waals surface area contributed by atoms with E-state index in [1.807, 2.05) is 29.2 Å². The number of nitrogens with one attached hydrogen (secondary N) is 1. The van der Waals surface area contributed by atoms with Gasteiger partial charge in [-0.2, -0.15) is 5.10 Å². The van der Waals surface area contributed by atoms with E-state index >= 15 is 0 Å². The number of nitrogens with zero attached hydrogens (tertiary/aromatic N) is 5. The van der Waals surface area contributed by atoms with Gasteiger partial charge in [-0.25, -0.2) is 9.67 Å². The van der Waals surface area contributed by atoms with Crippen LogP contribution in [0.2, 0.25) is 0 Å². The van der Waals surface area contributed by atoms with Gasteiger partial charge in [-0.3, -0.25) is 14.2 Å². The highest BCUT2D eigenvalue weighted by atomic mass is 16.3. The summed E-state index contributed by atoms with van der Waals surface area (Å²) in [4.78, 5) is 31.9. The van der Waals surface area contributed by atoms with Crippen molar-refractivity contribution in [3.05, 3.63) is 47.1 Å². The molecule has 2 saturated carbocycles. The summed E-state index contributed by atoms with van der Waals surface area (Å²) in [6, 6.07) is 8.59. The van der Waals surface area contributed by atoms with Crippen LogP contribution < -0.4 is 10.9 Å². The average molecular weight is 477 g/mol. The van der Waals surface area contributed by atoms with E-state index in [1.165, 1.54) is 36.6 Å². The van der Waals surface area contributed by atoms with Crippen molar-refractivity contribution in [1.29, 1.82) is 0 Å². The Morgan fingerprint density at radius 3 is 2.49 bits per heavy atom. The summed E-state index contributed by atoms with van der Waals surface area (Å²) in [6.07, 6.45) is 10.9. The number of amides is 1. The van der Waals surface area contributed by atoms with Crippen LogP contribution in [0.5, 0.6) is 0 Å². The number of carbonyl (C=O) groups is 1. The molecule has 2 N–H and O–H groups in total. The lowest BCUT2D eigenvalue weighted by atomic mass is 9.91. The minimum atomic E-state index is -1.03. The predicted octanol–water partition coefficient (Wildman–Crippen LogP) is 2.70. The zero-order chi connectivity index (χ0) is 24.0. The fraction of sp³-hybridized carbons (Fsp3) is 0.538. The Balaban J connectivity index is 1.17. The lowest BCUT2D eigenvalue weighted by Gasteiger charge is -2.38. The molecule has 2 aromatic heterocycles. The van der Waals surface area contributed by atoms with Gasteiger partial charge >= 0.3 is 0 Å². The molecule has 0 spiro atoms. The molecule has 0 unspecified atom stereocenters. The van der Waals surface area contributed by atoms with Gasteiger partial charge in [-0.15, -0.1) is 0 Å². The Kier molecular flexibility index (Phi) is 5.59. The molecule has 9 heteroatoms. The van der Waals surface area contributed by atoms with Gasteiger partial charge in [-0.05, 0) is 62.8 Å². The second kappa shape index (κ2) is 8.78. The van der Waals surface area contributed by atoms with Crippen LogP contribution in [0.25, 0.3) is 16.7 Å². The van der Waals surface area contributed by atoms with Crippen molar-refractivity contribution in [3.63, 3.8) is 0 Å². The molecule has 3 aromatic rings. The number of carbonyl (C=O) groups excluding carboxylic acids is 1. The Morgan fingerprint density at radius 2 is 1.80 bits per heavy atom. The monoisotopic (exact) mass is 476 g/mol. The van der Waals surface area contributed by atoms with Crippen molar-refractivity contribution in [3.8, 4) is 5.69 Å². The van der Waals surface area contributed by atoms with Crippen LogP contribution >= 0.6 is 0 Å². The van der Waals surface area contributed by atoms with Crippen molar-refractivity contribution in [1.82, 2.24) is 24.2 Å². The van der Waals surface area contributed by atoms with E-state index < -0.39 is 5.60 Å². The number of anilines is 1. The molecule has 0 bridgehead atoms. The summed E-state index contributed by atoms with van der Waals surface area (Å²) in [5, 5.41) is 19.6. The molecule has 1 amide bonds. The van der Waals surface area contributed by atoms with Gasteiger partial charge in [0.1, 0.15) is 11.7 Å². The lowest BCUT2D eigenvalue weighted by molar-refractivity contribution is -0.137. The Morgan fingerprint density at radius 1 is 1.09 bits per heavy atom. The number of benzene rings is 1. The highest BCUT2D eigenvalue weighted by molar-refractivity contribution is 5.81. The van der Waals surface area contributed by atoms with Gasteiger partial charge in [0.2, 0.25) is 5.91 Å². The molecule has 1 aromatic carbocycles. The van der Waals surface area contributed by atoms with Gasteiger partial charge in [-0.1, -0.05) is 12.8 Å². The lowest BCUT2D eigenvalue weighted by Crippen LogP contribution is -2.50. The van der Waals surface area contributed by atoms with Crippen molar-refractivity contribution in [2.24, 2.45) is 5.92 Å². The number of aromatic nitrogens is 4. The number of rotatable bonds is 6. The van der Waals surface area contributed by atoms with E-state index in [0.717, 1.165) is 24.2 Å². The Hall–Kier alpha value is -3.20. The summed E-state index contributed by atoms with van der Waals surface area (Å²) < 4.78 is 3.15. The van der Waals surface area contributed by atoms with Crippen molar-refractivity contribution in [2.75, 3.05) is 18.4 Å². The number of fused-ring (bicyclic) bond motifs is 1. The second-order valence-electron chi connectivity index (χ2n) is 10.5. The molecule has 3 fully saturated rings. The third kappa shape index (κ3) is 4.45. The molecule has 3 heterocycles. The predicted molar refractivity (Wildman–Crippen MR) is 132 cm³/mol. The van der Waals surface area contributed by atoms with Crippen LogP contribution in [-0.4, -0.2) is 60.0 Å². The normalized spacial score (nSPS) is 20.4. The summed E-state index contributed by atoms with van der Waals surface area (Å²) in [5.74, 6) is 0.397. The van der Waals surface area contributed by atoms with E-state index in [0.29, 0.717) is 43.0 Å². The first-order valence-corrected chi connectivity index (χ1v) is 12.8. The molecule has 35 heavy (non-hydrogen) atoms. The van der Waals surface area contributed by atoms with E-state index in [1.54, 1.807) is 10.9 Å². The van der Waals surface area contributed by atoms with E-state index in [9.17, 15) is 14.7 Å².